The molecule has 4 atom stereocenters. The molecule has 2 nitrogen and oxygen atoms in total. The summed E-state index contributed by atoms with van der Waals surface area (Å²) in [5.74, 6) is 2.15. The molecule has 0 spiro atoms. The maximum atomic E-state index is 12.1. The maximum Gasteiger partial charge on any atom is 0.166 e. The number of rotatable bonds is 4. The average molecular weight is 244 g/mol. The van der Waals surface area contributed by atoms with E-state index in [9.17, 15) is 9.90 Å². The summed E-state index contributed by atoms with van der Waals surface area (Å²) in [6.07, 6.45) is 4.82. The van der Waals surface area contributed by atoms with E-state index < -0.39 is 6.10 Å². The third kappa shape index (κ3) is 2.22. The summed E-state index contributed by atoms with van der Waals surface area (Å²) < 4.78 is 0. The molecule has 3 rings (SSSR count). The number of hydrogen-bond acceptors (Lipinski definition) is 2. The van der Waals surface area contributed by atoms with Crippen molar-refractivity contribution < 1.29 is 9.90 Å². The van der Waals surface area contributed by atoms with Crippen LogP contribution in [0.5, 0.6) is 0 Å². The minimum absolute atomic E-state index is 0.00116. The van der Waals surface area contributed by atoms with Crippen LogP contribution in [0.25, 0.3) is 0 Å². The van der Waals surface area contributed by atoms with Crippen LogP contribution in [0.15, 0.2) is 30.3 Å². The van der Waals surface area contributed by atoms with Gasteiger partial charge in [-0.25, -0.2) is 0 Å². The van der Waals surface area contributed by atoms with Gasteiger partial charge in [-0.3, -0.25) is 4.79 Å². The highest BCUT2D eigenvalue weighted by Crippen LogP contribution is 2.49. The monoisotopic (exact) mass is 244 g/mol. The van der Waals surface area contributed by atoms with Gasteiger partial charge in [-0.1, -0.05) is 36.8 Å². The first-order valence-corrected chi connectivity index (χ1v) is 6.99. The Morgan fingerprint density at radius 2 is 2.00 bits per heavy atom. The number of benzene rings is 1. The van der Waals surface area contributed by atoms with E-state index >= 15 is 0 Å². The van der Waals surface area contributed by atoms with Gasteiger partial charge < -0.3 is 5.11 Å². The van der Waals surface area contributed by atoms with Crippen LogP contribution in [0.4, 0.5) is 0 Å². The van der Waals surface area contributed by atoms with E-state index in [0.717, 1.165) is 17.4 Å². The molecule has 2 heteroatoms. The lowest BCUT2D eigenvalue weighted by molar-refractivity contribution is -0.128. The Balaban J connectivity index is 1.62. The van der Waals surface area contributed by atoms with Crippen LogP contribution in [0.1, 0.15) is 43.8 Å². The first-order chi connectivity index (χ1) is 8.74. The summed E-state index contributed by atoms with van der Waals surface area (Å²) in [7, 11) is 0. The van der Waals surface area contributed by atoms with Crippen LogP contribution in [-0.2, 0) is 4.79 Å². The molecule has 1 N–H and O–H groups in total. The number of carbonyl (C=O) groups is 1. The predicted molar refractivity (Wildman–Crippen MR) is 70.0 cm³/mol. The molecule has 2 aliphatic carbocycles. The first-order valence-electron chi connectivity index (χ1n) is 6.99. The van der Waals surface area contributed by atoms with Gasteiger partial charge in [0.25, 0.3) is 0 Å². The van der Waals surface area contributed by atoms with Crippen molar-refractivity contribution >= 4 is 5.78 Å². The lowest BCUT2D eigenvalue weighted by atomic mass is 9.84. The van der Waals surface area contributed by atoms with Crippen molar-refractivity contribution in [2.24, 2.45) is 17.8 Å². The summed E-state index contributed by atoms with van der Waals surface area (Å²) in [5.41, 5.74) is 0.727. The highest BCUT2D eigenvalue weighted by molar-refractivity contribution is 5.84. The van der Waals surface area contributed by atoms with Gasteiger partial charge in [0.05, 0.1) is 0 Å². The molecular formula is C16H20O2. The van der Waals surface area contributed by atoms with Gasteiger partial charge in [-0.15, -0.1) is 0 Å². The van der Waals surface area contributed by atoms with Crippen molar-refractivity contribution in [2.45, 2.75) is 38.2 Å². The van der Waals surface area contributed by atoms with E-state index in [4.69, 9.17) is 0 Å². The zero-order valence-electron chi connectivity index (χ0n) is 10.6. The second-order valence-electron chi connectivity index (χ2n) is 5.92. The Labute approximate surface area is 108 Å². The Hall–Kier alpha value is -1.15. The fraction of sp³-hybridized carbons (Fsp3) is 0.562. The molecule has 1 aromatic carbocycles. The van der Waals surface area contributed by atoms with Crippen LogP contribution < -0.4 is 0 Å². The molecule has 0 heterocycles. The summed E-state index contributed by atoms with van der Waals surface area (Å²) >= 11 is 0. The molecule has 0 saturated heterocycles. The Morgan fingerprint density at radius 3 is 2.61 bits per heavy atom. The number of Topliss-reactive ketones (excluding diaryl/α,β-unsaturated/α-hetero) is 1. The highest BCUT2D eigenvalue weighted by Gasteiger charge is 2.40. The topological polar surface area (TPSA) is 37.3 Å². The van der Waals surface area contributed by atoms with Crippen molar-refractivity contribution in [1.29, 1.82) is 0 Å². The molecule has 2 fully saturated rings. The van der Waals surface area contributed by atoms with Crippen molar-refractivity contribution in [1.82, 2.24) is 0 Å². The van der Waals surface area contributed by atoms with Crippen molar-refractivity contribution in [3.8, 4) is 0 Å². The zero-order chi connectivity index (χ0) is 12.5. The zero-order valence-corrected chi connectivity index (χ0v) is 10.6. The number of fused-ring (bicyclic) bond motifs is 2. The van der Waals surface area contributed by atoms with E-state index in [1.807, 2.05) is 30.3 Å². The summed E-state index contributed by atoms with van der Waals surface area (Å²) in [6, 6.07) is 9.27. The van der Waals surface area contributed by atoms with Gasteiger partial charge in [0.1, 0.15) is 6.10 Å². The molecule has 2 bridgehead atoms. The standard InChI is InChI=1S/C16H20O2/c17-15(16(18)12-4-2-1-3-5-12)10-14-9-11-6-7-13(14)8-11/h1-5,11,13-14,16,18H,6-10H2. The second-order valence-corrected chi connectivity index (χ2v) is 5.92. The maximum absolute atomic E-state index is 12.1. The molecule has 0 aromatic heterocycles. The fourth-order valence-electron chi connectivity index (χ4n) is 3.82. The summed E-state index contributed by atoms with van der Waals surface area (Å²) in [5, 5.41) is 10.1. The number of carbonyl (C=O) groups excluding carboxylic acids is 1. The quantitative estimate of drug-likeness (QED) is 0.883. The van der Waals surface area contributed by atoms with Gasteiger partial charge in [0.2, 0.25) is 0 Å². The summed E-state index contributed by atoms with van der Waals surface area (Å²) in [6.45, 7) is 0. The van der Waals surface area contributed by atoms with E-state index in [-0.39, 0.29) is 5.78 Å². The van der Waals surface area contributed by atoms with Gasteiger partial charge in [-0.05, 0) is 42.6 Å². The predicted octanol–water partition coefficient (Wildman–Crippen LogP) is 3.12. The van der Waals surface area contributed by atoms with Gasteiger partial charge >= 0.3 is 0 Å². The van der Waals surface area contributed by atoms with E-state index in [1.165, 1.54) is 25.7 Å². The van der Waals surface area contributed by atoms with E-state index in [0.29, 0.717) is 12.3 Å². The lowest BCUT2D eigenvalue weighted by Gasteiger charge is -2.22. The largest absolute Gasteiger partial charge is 0.381 e. The number of aliphatic hydroxyl groups is 1. The molecule has 1 aromatic rings. The molecule has 2 saturated carbocycles. The Kier molecular flexibility index (Phi) is 3.21. The molecule has 96 valence electrons. The van der Waals surface area contributed by atoms with Crippen LogP contribution >= 0.6 is 0 Å². The summed E-state index contributed by atoms with van der Waals surface area (Å²) in [4.78, 5) is 12.1. The molecule has 18 heavy (non-hydrogen) atoms. The van der Waals surface area contributed by atoms with Gasteiger partial charge in [-0.2, -0.15) is 0 Å². The number of aliphatic hydroxyl groups excluding tert-OH is 1. The molecule has 0 radical (unpaired) electrons. The van der Waals surface area contributed by atoms with Crippen LogP contribution in [0, 0.1) is 17.8 Å². The smallest absolute Gasteiger partial charge is 0.166 e. The molecule has 0 aliphatic heterocycles. The van der Waals surface area contributed by atoms with Crippen molar-refractivity contribution in [3.63, 3.8) is 0 Å². The minimum atomic E-state index is -0.926. The lowest BCUT2D eigenvalue weighted by Crippen LogP contribution is -2.20. The fourth-order valence-corrected chi connectivity index (χ4v) is 3.82. The average Bonchev–Trinajstić information content (AvgIpc) is 3.01. The first kappa shape index (κ1) is 11.9. The second kappa shape index (κ2) is 4.85. The Bertz CT molecular complexity index is 426. The molecule has 0 amide bonds. The van der Waals surface area contributed by atoms with Crippen LogP contribution in [-0.4, -0.2) is 10.9 Å². The van der Waals surface area contributed by atoms with E-state index in [2.05, 4.69) is 0 Å². The SMILES string of the molecule is O=C(CC1CC2CCC1C2)C(O)c1ccccc1. The van der Waals surface area contributed by atoms with E-state index in [1.54, 1.807) is 0 Å². The van der Waals surface area contributed by atoms with Crippen LogP contribution in [0.2, 0.25) is 0 Å². The molecular weight excluding hydrogens is 224 g/mol. The normalized spacial score (nSPS) is 31.5. The van der Waals surface area contributed by atoms with Crippen molar-refractivity contribution in [3.05, 3.63) is 35.9 Å². The van der Waals surface area contributed by atoms with Crippen molar-refractivity contribution in [2.75, 3.05) is 0 Å². The van der Waals surface area contributed by atoms with Gasteiger partial charge in [0.15, 0.2) is 5.78 Å². The minimum Gasteiger partial charge on any atom is -0.381 e. The molecule has 4 unspecified atom stereocenters. The van der Waals surface area contributed by atoms with Crippen LogP contribution in [0.3, 0.4) is 0 Å². The third-order valence-electron chi connectivity index (χ3n) is 4.77. The Morgan fingerprint density at radius 1 is 1.22 bits per heavy atom. The molecule has 2 aliphatic rings. The highest BCUT2D eigenvalue weighted by atomic mass is 16.3. The third-order valence-corrected chi connectivity index (χ3v) is 4.77. The number of ketones is 1. The van der Waals surface area contributed by atoms with Gasteiger partial charge in [0, 0.05) is 6.42 Å². The number of hydrogen-bond donors (Lipinski definition) is 1.